The van der Waals surface area contributed by atoms with E-state index in [2.05, 4.69) is 32.7 Å². The first-order valence-electron chi connectivity index (χ1n) is 5.36. The Morgan fingerprint density at radius 2 is 1.33 bits per heavy atom. The van der Waals surface area contributed by atoms with Crippen molar-refractivity contribution in [2.24, 2.45) is 0 Å². The Morgan fingerprint density at radius 1 is 0.944 bits per heavy atom. The lowest BCUT2D eigenvalue weighted by Crippen LogP contribution is -2.05. The van der Waals surface area contributed by atoms with Gasteiger partial charge in [0.05, 0.1) is 0 Å². The third-order valence-corrected chi connectivity index (χ3v) is 2.09. The molecule has 0 fully saturated rings. The van der Waals surface area contributed by atoms with Crippen LogP contribution in [-0.4, -0.2) is 24.8 Å². The zero-order chi connectivity index (χ0) is 13.8. The van der Waals surface area contributed by atoms with Gasteiger partial charge in [0.1, 0.15) is 0 Å². The Balaban J connectivity index is 3.85. The van der Waals surface area contributed by atoms with Crippen LogP contribution in [-0.2, 0) is 23.2 Å². The molecular weight excluding hydrogens is 255 g/mol. The first kappa shape index (κ1) is 16.5. The lowest BCUT2D eigenvalue weighted by Gasteiger charge is -1.86. The third-order valence-electron chi connectivity index (χ3n) is 1.41. The van der Waals surface area contributed by atoms with Crippen LogP contribution < -0.4 is 0 Å². The molecule has 0 N–H and O–H groups in total. The van der Waals surface area contributed by atoms with Gasteiger partial charge in [-0.3, -0.25) is 9.59 Å². The first-order chi connectivity index (χ1) is 8.60. The van der Waals surface area contributed by atoms with Crippen molar-refractivity contribution in [2.75, 3.05) is 13.2 Å². The van der Waals surface area contributed by atoms with Crippen molar-refractivity contribution < 1.29 is 23.2 Å². The molecule has 0 unspecified atom stereocenters. The van der Waals surface area contributed by atoms with Gasteiger partial charge in [-0.25, -0.2) is 0 Å². The second-order valence-electron chi connectivity index (χ2n) is 2.93. The van der Waals surface area contributed by atoms with Crippen molar-refractivity contribution in [2.45, 2.75) is 26.7 Å². The molecule has 6 heteroatoms. The van der Waals surface area contributed by atoms with Crippen molar-refractivity contribution in [1.82, 2.24) is 0 Å². The van der Waals surface area contributed by atoms with Gasteiger partial charge in [0.15, 0.2) is 13.2 Å². The molecule has 0 amide bonds. The summed E-state index contributed by atoms with van der Waals surface area (Å²) in [5.41, 5.74) is 0. The van der Waals surface area contributed by atoms with Crippen molar-refractivity contribution in [3.05, 3.63) is 0 Å². The molecule has 0 aromatic heterocycles. The molecule has 0 aromatic rings. The molecule has 0 saturated carbocycles. The quantitative estimate of drug-likeness (QED) is 0.416. The predicted molar refractivity (Wildman–Crippen MR) is 65.7 cm³/mol. The van der Waals surface area contributed by atoms with E-state index in [0.717, 1.165) is 0 Å². The highest BCUT2D eigenvalue weighted by Gasteiger charge is 2.23. The van der Waals surface area contributed by atoms with Gasteiger partial charge in [-0.05, 0) is 11.8 Å². The van der Waals surface area contributed by atoms with Gasteiger partial charge in [0.25, 0.3) is 0 Å². The van der Waals surface area contributed by atoms with Gasteiger partial charge in [-0.15, -0.1) is 9.05 Å². The van der Waals surface area contributed by atoms with E-state index in [1.165, 1.54) is 0 Å². The predicted octanol–water partition coefficient (Wildman–Crippen LogP) is 1.64. The third kappa shape index (κ3) is 9.69. The van der Waals surface area contributed by atoms with Gasteiger partial charge in [-0.1, -0.05) is 25.7 Å². The summed E-state index contributed by atoms with van der Waals surface area (Å²) >= 11 is 0. The minimum absolute atomic E-state index is 0.420. The Hall–Kier alpha value is -1.52. The lowest BCUT2D eigenvalue weighted by atomic mass is 10.4. The van der Waals surface area contributed by atoms with E-state index in [-0.39, 0.29) is 0 Å². The van der Waals surface area contributed by atoms with Crippen molar-refractivity contribution in [3.8, 4) is 23.7 Å². The maximum absolute atomic E-state index is 11.1. The molecule has 0 saturated heterocycles. The van der Waals surface area contributed by atoms with Crippen molar-refractivity contribution in [3.63, 3.8) is 0 Å². The summed E-state index contributed by atoms with van der Waals surface area (Å²) in [6, 6.07) is 0. The Morgan fingerprint density at radius 3 is 1.67 bits per heavy atom. The largest absolute Gasteiger partial charge is 0.698 e. The van der Waals surface area contributed by atoms with Crippen LogP contribution in [0.2, 0.25) is 0 Å². The molecule has 0 aliphatic carbocycles. The Bertz CT molecular complexity index is 393. The van der Waals surface area contributed by atoms with Gasteiger partial charge in [0.2, 0.25) is 11.6 Å². The highest BCUT2D eigenvalue weighted by molar-refractivity contribution is 7.33. The number of ketones is 2. The molecule has 96 valence electrons. The fourth-order valence-corrected chi connectivity index (χ4v) is 1.23. The zero-order valence-corrected chi connectivity index (χ0v) is 11.2. The van der Waals surface area contributed by atoms with E-state index in [9.17, 15) is 14.2 Å². The Labute approximate surface area is 107 Å². The van der Waals surface area contributed by atoms with E-state index in [1.807, 2.05) is 0 Å². The second-order valence-corrected chi connectivity index (χ2v) is 3.89. The maximum atomic E-state index is 11.1. The number of Topliss-reactive ketones (excluding diaryl/α,β-unsaturated/α-hetero) is 2. The molecule has 0 spiro atoms. The van der Waals surface area contributed by atoms with E-state index in [0.29, 0.717) is 12.8 Å². The van der Waals surface area contributed by atoms with E-state index in [4.69, 9.17) is 0 Å². The number of carbonyl (C=O) groups is 2. The zero-order valence-electron chi connectivity index (χ0n) is 10.3. The molecule has 0 radical (unpaired) electrons. The lowest BCUT2D eigenvalue weighted by molar-refractivity contribution is -0.116. The van der Waals surface area contributed by atoms with E-state index in [1.54, 1.807) is 13.8 Å². The summed E-state index contributed by atoms with van der Waals surface area (Å²) in [7, 11) is -2.50. The molecular formula is C12H14O5P+. The summed E-state index contributed by atoms with van der Waals surface area (Å²) in [5.74, 6) is 8.73. The van der Waals surface area contributed by atoms with Crippen molar-refractivity contribution >= 4 is 19.8 Å². The van der Waals surface area contributed by atoms with E-state index < -0.39 is 33.0 Å². The van der Waals surface area contributed by atoms with Gasteiger partial charge in [0, 0.05) is 17.4 Å². The van der Waals surface area contributed by atoms with Gasteiger partial charge in [-0.2, -0.15) is 0 Å². The molecule has 0 aromatic carbocycles. The highest BCUT2D eigenvalue weighted by atomic mass is 31.1. The number of hydrogen-bond donors (Lipinski definition) is 0. The second kappa shape index (κ2) is 10.6. The SMILES string of the molecule is CCC#CC(=O)CO[P+](=O)OCC(=O)C#CCC. The van der Waals surface area contributed by atoms with E-state index >= 15 is 0 Å². The number of carbonyl (C=O) groups excluding carboxylic acids is 2. The smallest absolute Gasteiger partial charge is 0.282 e. The van der Waals surface area contributed by atoms with Crippen LogP contribution in [0.5, 0.6) is 0 Å². The summed E-state index contributed by atoms with van der Waals surface area (Å²) in [5, 5.41) is 0. The molecule has 0 bridgehead atoms. The standard InChI is InChI=1S/C12H14O5P/c1-3-5-7-11(13)9-16-18(15)17-10-12(14)8-6-4-2/h3-4,9-10H2,1-2H3/q+1. The Kier molecular flexibility index (Phi) is 9.73. The van der Waals surface area contributed by atoms with Crippen LogP contribution in [0.1, 0.15) is 26.7 Å². The molecule has 0 aliphatic heterocycles. The van der Waals surface area contributed by atoms with Crippen LogP contribution >= 0.6 is 8.25 Å². The molecule has 5 nitrogen and oxygen atoms in total. The average molecular weight is 269 g/mol. The summed E-state index contributed by atoms with van der Waals surface area (Å²) in [6.45, 7) is 2.76. The maximum Gasteiger partial charge on any atom is 0.698 e. The molecule has 0 heterocycles. The fourth-order valence-electron chi connectivity index (χ4n) is 0.706. The van der Waals surface area contributed by atoms with Crippen LogP contribution in [0.15, 0.2) is 0 Å². The monoisotopic (exact) mass is 269 g/mol. The minimum atomic E-state index is -2.50. The van der Waals surface area contributed by atoms with Gasteiger partial charge < -0.3 is 0 Å². The molecule has 18 heavy (non-hydrogen) atoms. The highest BCUT2D eigenvalue weighted by Crippen LogP contribution is 2.22. The average Bonchev–Trinajstić information content (AvgIpc) is 2.37. The molecule has 0 rings (SSSR count). The fraction of sp³-hybridized carbons (Fsp3) is 0.500. The first-order valence-corrected chi connectivity index (χ1v) is 6.46. The summed E-state index contributed by atoms with van der Waals surface area (Å²) < 4.78 is 20.3. The van der Waals surface area contributed by atoms with Crippen LogP contribution in [0, 0.1) is 23.7 Å². The number of rotatable bonds is 6. The van der Waals surface area contributed by atoms with Crippen LogP contribution in [0.25, 0.3) is 0 Å². The topological polar surface area (TPSA) is 69.7 Å². The van der Waals surface area contributed by atoms with Crippen LogP contribution in [0.4, 0.5) is 0 Å². The molecule has 0 aliphatic rings. The summed E-state index contributed by atoms with van der Waals surface area (Å²) in [6.07, 6.45) is 1.11. The minimum Gasteiger partial charge on any atom is -0.282 e. The van der Waals surface area contributed by atoms with Gasteiger partial charge >= 0.3 is 8.25 Å². The van der Waals surface area contributed by atoms with Crippen LogP contribution in [0.3, 0.4) is 0 Å². The summed E-state index contributed by atoms with van der Waals surface area (Å²) in [4.78, 5) is 22.0. The normalized spacial score (nSPS) is 8.56. The van der Waals surface area contributed by atoms with Crippen molar-refractivity contribution in [1.29, 1.82) is 0 Å². The number of hydrogen-bond acceptors (Lipinski definition) is 5. The molecule has 0 atom stereocenters.